The molecule has 0 N–H and O–H groups in total. The smallest absolute Gasteiger partial charge is 0.282 e. The van der Waals surface area contributed by atoms with E-state index in [-0.39, 0.29) is 5.56 Å². The lowest BCUT2D eigenvalue weighted by molar-refractivity contribution is 0.761. The Bertz CT molecular complexity index is 925. The van der Waals surface area contributed by atoms with Crippen molar-refractivity contribution < 1.29 is 0 Å². The fraction of sp³-hybridized carbons (Fsp3) is 0.188. The molecule has 2 aromatic heterocycles. The van der Waals surface area contributed by atoms with E-state index in [0.717, 1.165) is 39.5 Å². The highest BCUT2D eigenvalue weighted by atomic mass is 79.9. The van der Waals surface area contributed by atoms with E-state index in [4.69, 9.17) is 0 Å². The minimum atomic E-state index is -0.209. The van der Waals surface area contributed by atoms with Crippen LogP contribution in [0.2, 0.25) is 0 Å². The zero-order valence-electron chi connectivity index (χ0n) is 11.6. The monoisotopic (exact) mass is 373 g/mol. The molecule has 3 heterocycles. The average molecular weight is 374 g/mol. The summed E-state index contributed by atoms with van der Waals surface area (Å²) in [4.78, 5) is 23.7. The van der Waals surface area contributed by atoms with Crippen molar-refractivity contribution in [3.63, 3.8) is 0 Å². The number of nitrogens with zero attached hydrogens (tertiary/aromatic N) is 3. The highest BCUT2D eigenvalue weighted by Crippen LogP contribution is 2.38. The van der Waals surface area contributed by atoms with Gasteiger partial charge in [0.25, 0.3) is 5.56 Å². The molecule has 1 aliphatic rings. The molecule has 0 fully saturated rings. The molecule has 22 heavy (non-hydrogen) atoms. The van der Waals surface area contributed by atoms with Gasteiger partial charge in [-0.25, -0.2) is 4.98 Å². The van der Waals surface area contributed by atoms with Crippen LogP contribution in [0.25, 0.3) is 10.2 Å². The lowest BCUT2D eigenvalue weighted by atomic mass is 10.0. The topological polar surface area (TPSA) is 46.1 Å². The zero-order chi connectivity index (χ0) is 15.1. The predicted octanol–water partition coefficient (Wildman–Crippen LogP) is 3.90. The normalized spacial score (nSPS) is 14.1. The number of aromatic nitrogens is 2. The number of pyridine rings is 1. The third-order valence-corrected chi connectivity index (χ3v) is 5.57. The van der Waals surface area contributed by atoms with Crippen LogP contribution >= 0.6 is 27.3 Å². The molecule has 4 nitrogen and oxygen atoms in total. The van der Waals surface area contributed by atoms with Gasteiger partial charge in [-0.3, -0.25) is 4.79 Å². The van der Waals surface area contributed by atoms with Crippen LogP contribution < -0.4 is 10.5 Å². The molecule has 0 atom stereocenters. The van der Waals surface area contributed by atoms with Crippen molar-refractivity contribution in [1.82, 2.24) is 9.97 Å². The number of hydrogen-bond donors (Lipinski definition) is 0. The van der Waals surface area contributed by atoms with Crippen LogP contribution in [0.1, 0.15) is 12.0 Å². The van der Waals surface area contributed by atoms with Gasteiger partial charge < -0.3 is 4.90 Å². The van der Waals surface area contributed by atoms with E-state index in [1.165, 1.54) is 16.9 Å². The van der Waals surface area contributed by atoms with Crippen LogP contribution in [0.5, 0.6) is 0 Å². The molecular formula is C16H12BrN3OS. The second-order valence-corrected chi connectivity index (χ2v) is 6.96. The number of benzene rings is 1. The van der Waals surface area contributed by atoms with Gasteiger partial charge in [0.15, 0.2) is 5.13 Å². The predicted molar refractivity (Wildman–Crippen MR) is 93.2 cm³/mol. The van der Waals surface area contributed by atoms with Crippen LogP contribution in [0.3, 0.4) is 0 Å². The summed E-state index contributed by atoms with van der Waals surface area (Å²) in [5.74, 6) is 0. The maximum Gasteiger partial charge on any atom is 0.282 e. The van der Waals surface area contributed by atoms with Crippen molar-refractivity contribution in [3.05, 3.63) is 56.9 Å². The van der Waals surface area contributed by atoms with Crippen LogP contribution in [0.4, 0.5) is 10.8 Å². The van der Waals surface area contributed by atoms with Crippen molar-refractivity contribution in [3.8, 4) is 0 Å². The first-order valence-corrected chi connectivity index (χ1v) is 8.66. The summed E-state index contributed by atoms with van der Waals surface area (Å²) >= 11 is 5.08. The number of hydrogen-bond acceptors (Lipinski definition) is 5. The Morgan fingerprint density at radius 3 is 3.05 bits per heavy atom. The lowest BCUT2D eigenvalue weighted by Crippen LogP contribution is -2.26. The van der Waals surface area contributed by atoms with Gasteiger partial charge in [0.05, 0.1) is 5.39 Å². The summed E-state index contributed by atoms with van der Waals surface area (Å²) in [5, 5.41) is 1.30. The SMILES string of the molecule is O=c1nc(N2CCCc3c(Br)cccc32)sc2ncccc12. The molecule has 0 radical (unpaired) electrons. The summed E-state index contributed by atoms with van der Waals surface area (Å²) < 4.78 is 1.11. The molecule has 0 bridgehead atoms. The van der Waals surface area contributed by atoms with Crippen LogP contribution in [0.15, 0.2) is 45.8 Å². The third-order valence-electron chi connectivity index (χ3n) is 3.81. The number of anilines is 2. The van der Waals surface area contributed by atoms with Crippen molar-refractivity contribution in [2.45, 2.75) is 12.8 Å². The molecule has 1 aliphatic heterocycles. The number of halogens is 1. The minimum absolute atomic E-state index is 0.209. The maximum atomic E-state index is 12.2. The van der Waals surface area contributed by atoms with Gasteiger partial charge >= 0.3 is 0 Å². The molecule has 6 heteroatoms. The molecule has 0 unspecified atom stereocenters. The maximum absolute atomic E-state index is 12.2. The summed E-state index contributed by atoms with van der Waals surface area (Å²) in [6.45, 7) is 0.866. The van der Waals surface area contributed by atoms with Crippen molar-refractivity contribution in [2.75, 3.05) is 11.4 Å². The van der Waals surface area contributed by atoms with E-state index in [9.17, 15) is 4.79 Å². The Hall–Kier alpha value is -1.79. The van der Waals surface area contributed by atoms with Gasteiger partial charge in [-0.05, 0) is 42.7 Å². The second-order valence-electron chi connectivity index (χ2n) is 5.15. The molecule has 0 saturated heterocycles. The summed E-state index contributed by atoms with van der Waals surface area (Å²) in [7, 11) is 0. The average Bonchev–Trinajstić information content (AvgIpc) is 2.55. The lowest BCUT2D eigenvalue weighted by Gasteiger charge is -2.30. The molecule has 0 saturated carbocycles. The summed E-state index contributed by atoms with van der Waals surface area (Å²) in [6, 6.07) is 9.70. The van der Waals surface area contributed by atoms with E-state index in [0.29, 0.717) is 5.39 Å². The van der Waals surface area contributed by atoms with E-state index in [1.54, 1.807) is 18.3 Å². The third kappa shape index (κ3) is 2.23. The van der Waals surface area contributed by atoms with Gasteiger partial charge in [-0.1, -0.05) is 33.3 Å². The molecular weight excluding hydrogens is 362 g/mol. The van der Waals surface area contributed by atoms with Crippen LogP contribution in [0, 0.1) is 0 Å². The summed E-state index contributed by atoms with van der Waals surface area (Å²) in [6.07, 6.45) is 3.79. The van der Waals surface area contributed by atoms with Crippen molar-refractivity contribution >= 4 is 48.3 Å². The number of fused-ring (bicyclic) bond motifs is 2. The number of rotatable bonds is 1. The van der Waals surface area contributed by atoms with Crippen LogP contribution in [-0.2, 0) is 6.42 Å². The Kier molecular flexibility index (Phi) is 3.43. The second kappa shape index (κ2) is 5.44. The fourth-order valence-electron chi connectivity index (χ4n) is 2.79. The first kappa shape index (κ1) is 13.8. The van der Waals surface area contributed by atoms with E-state index < -0.39 is 0 Å². The molecule has 4 rings (SSSR count). The summed E-state index contributed by atoms with van der Waals surface area (Å²) in [5.41, 5.74) is 2.19. The highest BCUT2D eigenvalue weighted by Gasteiger charge is 2.22. The Morgan fingerprint density at radius 2 is 2.14 bits per heavy atom. The first-order valence-electron chi connectivity index (χ1n) is 7.05. The van der Waals surface area contributed by atoms with Gasteiger partial charge in [-0.15, -0.1) is 0 Å². The van der Waals surface area contributed by atoms with Gasteiger partial charge in [-0.2, -0.15) is 4.98 Å². The van der Waals surface area contributed by atoms with E-state index >= 15 is 0 Å². The van der Waals surface area contributed by atoms with Crippen LogP contribution in [-0.4, -0.2) is 16.5 Å². The molecule has 0 aliphatic carbocycles. The van der Waals surface area contributed by atoms with Gasteiger partial charge in [0.1, 0.15) is 4.83 Å². The highest BCUT2D eigenvalue weighted by molar-refractivity contribution is 9.10. The van der Waals surface area contributed by atoms with Gasteiger partial charge in [0.2, 0.25) is 0 Å². The largest absolute Gasteiger partial charge is 0.317 e. The fourth-order valence-corrected chi connectivity index (χ4v) is 4.32. The quantitative estimate of drug-likeness (QED) is 0.648. The van der Waals surface area contributed by atoms with Crippen molar-refractivity contribution in [2.24, 2.45) is 0 Å². The van der Waals surface area contributed by atoms with E-state index in [1.807, 2.05) is 6.07 Å². The Labute approximate surface area is 139 Å². The Morgan fingerprint density at radius 1 is 1.23 bits per heavy atom. The Balaban J connectivity index is 1.91. The van der Waals surface area contributed by atoms with E-state index in [2.05, 4.69) is 42.9 Å². The molecule has 1 aromatic carbocycles. The van der Waals surface area contributed by atoms with Crippen molar-refractivity contribution in [1.29, 1.82) is 0 Å². The molecule has 0 amide bonds. The molecule has 0 spiro atoms. The minimum Gasteiger partial charge on any atom is -0.317 e. The standard InChI is InChI=1S/C16H12BrN3OS/c17-12-6-1-7-13-10(12)5-3-9-20(13)16-19-14(21)11-4-2-8-18-15(11)22-16/h1-2,4,6-8H,3,5,9H2. The van der Waals surface area contributed by atoms with Gasteiger partial charge in [0, 0.05) is 22.9 Å². The molecule has 3 aromatic rings. The molecule has 110 valence electrons. The first-order chi connectivity index (χ1) is 10.7. The zero-order valence-corrected chi connectivity index (χ0v) is 14.0.